The van der Waals surface area contributed by atoms with Crippen LogP contribution in [-0.2, 0) is 10.0 Å². The summed E-state index contributed by atoms with van der Waals surface area (Å²) in [5.41, 5.74) is 2.90. The molecule has 1 atom stereocenters. The second-order valence-corrected chi connectivity index (χ2v) is 13.7. The Bertz CT molecular complexity index is 1820. The first kappa shape index (κ1) is 29.9. The number of hydrogen-bond acceptors (Lipinski definition) is 9. The minimum atomic E-state index is -3.96. The van der Waals surface area contributed by atoms with Gasteiger partial charge in [0.25, 0.3) is 15.9 Å². The van der Waals surface area contributed by atoms with Crippen molar-refractivity contribution >= 4 is 38.6 Å². The Hall–Kier alpha value is -4.16. The molecule has 1 unspecified atom stereocenters. The van der Waals surface area contributed by atoms with E-state index >= 15 is 0 Å². The summed E-state index contributed by atoms with van der Waals surface area (Å²) >= 11 is 0. The third-order valence-electron chi connectivity index (χ3n) is 8.29. The van der Waals surface area contributed by atoms with Crippen molar-refractivity contribution in [3.8, 4) is 11.6 Å². The van der Waals surface area contributed by atoms with E-state index in [0.717, 1.165) is 31.5 Å². The summed E-state index contributed by atoms with van der Waals surface area (Å²) in [5, 5.41) is 3.73. The Labute approximate surface area is 257 Å². The van der Waals surface area contributed by atoms with Crippen LogP contribution in [0.5, 0.6) is 11.6 Å². The Kier molecular flexibility index (Phi) is 7.97. The van der Waals surface area contributed by atoms with Crippen LogP contribution in [0.4, 0.5) is 11.6 Å². The molecular formula is C32H38N6O5S. The third kappa shape index (κ3) is 5.83. The molecule has 1 saturated carbocycles. The first-order valence-corrected chi connectivity index (χ1v) is 16.3. The van der Waals surface area contributed by atoms with Crippen LogP contribution in [0, 0.1) is 19.8 Å². The number of methoxy groups -OCH3 is 1. The molecular weight excluding hydrogens is 580 g/mol. The van der Waals surface area contributed by atoms with Gasteiger partial charge in [-0.1, -0.05) is 17.7 Å². The van der Waals surface area contributed by atoms with Gasteiger partial charge in [0.05, 0.1) is 29.7 Å². The highest BCUT2D eigenvalue weighted by Crippen LogP contribution is 2.36. The molecule has 232 valence electrons. The largest absolute Gasteiger partial charge is 0.495 e. The van der Waals surface area contributed by atoms with E-state index in [1.807, 2.05) is 25.7 Å². The van der Waals surface area contributed by atoms with Crippen molar-refractivity contribution in [1.82, 2.24) is 23.7 Å². The van der Waals surface area contributed by atoms with E-state index in [0.29, 0.717) is 52.9 Å². The Morgan fingerprint density at radius 1 is 1.07 bits per heavy atom. The number of carbonyl (C=O) groups excluding carboxylic acids is 1. The van der Waals surface area contributed by atoms with Crippen molar-refractivity contribution in [3.05, 3.63) is 65.4 Å². The van der Waals surface area contributed by atoms with Crippen molar-refractivity contribution < 1.29 is 22.7 Å². The summed E-state index contributed by atoms with van der Waals surface area (Å²) in [4.78, 5) is 27.0. The van der Waals surface area contributed by atoms with Crippen LogP contribution in [-0.4, -0.2) is 84.5 Å². The van der Waals surface area contributed by atoms with E-state index in [9.17, 15) is 13.2 Å². The number of nitrogens with zero attached hydrogens (tertiary/aromatic N) is 5. The van der Waals surface area contributed by atoms with Crippen molar-refractivity contribution in [2.24, 2.45) is 5.92 Å². The SMILES string of the molecule is COc1cc(C(=O)N2CCN(C)CC2C)ccc1Nc1nc(OCC2CC2)c2c(C)cn(S(=O)(=O)c3ccc(C)cc3)c2n1. The molecule has 2 fully saturated rings. The maximum absolute atomic E-state index is 13.8. The molecule has 1 aliphatic carbocycles. The molecule has 44 heavy (non-hydrogen) atoms. The lowest BCUT2D eigenvalue weighted by molar-refractivity contribution is 0.0533. The molecule has 2 aromatic carbocycles. The van der Waals surface area contributed by atoms with Gasteiger partial charge in [-0.25, -0.2) is 12.4 Å². The van der Waals surface area contributed by atoms with Gasteiger partial charge in [0.1, 0.15) is 5.75 Å². The van der Waals surface area contributed by atoms with E-state index in [2.05, 4.69) is 27.2 Å². The molecule has 0 bridgehead atoms. The zero-order valence-electron chi connectivity index (χ0n) is 25.7. The van der Waals surface area contributed by atoms with Crippen LogP contribution in [0.2, 0.25) is 0 Å². The third-order valence-corrected chi connectivity index (χ3v) is 9.95. The number of amides is 1. The maximum atomic E-state index is 13.8. The highest BCUT2D eigenvalue weighted by atomic mass is 32.2. The number of hydrogen-bond donors (Lipinski definition) is 1. The molecule has 1 saturated heterocycles. The number of rotatable bonds is 9. The zero-order valence-corrected chi connectivity index (χ0v) is 26.5. The predicted molar refractivity (Wildman–Crippen MR) is 169 cm³/mol. The number of fused-ring (bicyclic) bond motifs is 1. The fourth-order valence-corrected chi connectivity index (χ4v) is 6.90. The smallest absolute Gasteiger partial charge is 0.269 e. The molecule has 1 N–H and O–H groups in total. The number of nitrogens with one attached hydrogen (secondary N) is 1. The van der Waals surface area contributed by atoms with E-state index in [1.165, 1.54) is 11.1 Å². The van der Waals surface area contributed by atoms with E-state index < -0.39 is 10.0 Å². The van der Waals surface area contributed by atoms with E-state index in [1.54, 1.807) is 48.7 Å². The normalized spacial score (nSPS) is 17.6. The molecule has 1 aliphatic heterocycles. The standard InChI is InChI=1S/C32H38N6O5S/c1-20-6-11-25(12-7-20)44(40,41)38-17-21(2)28-29(38)34-32(35-30(28)43-19-23-8-9-23)33-26-13-10-24(16-27(26)42-5)31(39)37-15-14-36(4)18-22(37)3/h6-7,10-13,16-17,22-23H,8-9,14-15,18-19H2,1-5H3,(H,33,34,35). The second-order valence-electron chi connectivity index (χ2n) is 11.9. The summed E-state index contributed by atoms with van der Waals surface area (Å²) < 4.78 is 40.6. The highest BCUT2D eigenvalue weighted by molar-refractivity contribution is 7.90. The average Bonchev–Trinajstić information content (AvgIpc) is 3.77. The number of aryl methyl sites for hydroxylation is 2. The first-order valence-electron chi connectivity index (χ1n) is 14.8. The molecule has 2 aliphatic rings. The fraction of sp³-hybridized carbons (Fsp3) is 0.406. The molecule has 0 spiro atoms. The van der Waals surface area contributed by atoms with Crippen LogP contribution in [0.1, 0.15) is 41.3 Å². The topological polar surface area (TPSA) is 119 Å². The van der Waals surface area contributed by atoms with Gasteiger partial charge in [0, 0.05) is 37.4 Å². The number of piperazine rings is 1. The maximum Gasteiger partial charge on any atom is 0.269 e. The Morgan fingerprint density at radius 3 is 2.50 bits per heavy atom. The Balaban J connectivity index is 1.37. The zero-order chi connectivity index (χ0) is 31.2. The van der Waals surface area contributed by atoms with Gasteiger partial charge in [-0.15, -0.1) is 0 Å². The lowest BCUT2D eigenvalue weighted by Crippen LogP contribution is -2.52. The van der Waals surface area contributed by atoms with Crippen LogP contribution < -0.4 is 14.8 Å². The number of aromatic nitrogens is 3. The molecule has 11 nitrogen and oxygen atoms in total. The van der Waals surface area contributed by atoms with Gasteiger partial charge >= 0.3 is 0 Å². The van der Waals surface area contributed by atoms with Crippen LogP contribution >= 0.6 is 0 Å². The molecule has 6 rings (SSSR count). The minimum absolute atomic E-state index is 0.0569. The monoisotopic (exact) mass is 618 g/mol. The average molecular weight is 619 g/mol. The van der Waals surface area contributed by atoms with Crippen molar-refractivity contribution in [1.29, 1.82) is 0 Å². The van der Waals surface area contributed by atoms with Gasteiger partial charge in [-0.05, 0) is 82.5 Å². The summed E-state index contributed by atoms with van der Waals surface area (Å²) in [6, 6.07) is 12.0. The van der Waals surface area contributed by atoms with Crippen LogP contribution in [0.25, 0.3) is 11.0 Å². The van der Waals surface area contributed by atoms with Crippen LogP contribution in [0.15, 0.2) is 53.6 Å². The quantitative estimate of drug-likeness (QED) is 0.287. The molecule has 3 heterocycles. The lowest BCUT2D eigenvalue weighted by Gasteiger charge is -2.38. The summed E-state index contributed by atoms with van der Waals surface area (Å²) in [6.07, 6.45) is 3.75. The van der Waals surface area contributed by atoms with Gasteiger partial charge < -0.3 is 24.6 Å². The number of anilines is 2. The Morgan fingerprint density at radius 2 is 1.82 bits per heavy atom. The van der Waals surface area contributed by atoms with Crippen LogP contribution in [0.3, 0.4) is 0 Å². The first-order chi connectivity index (χ1) is 21.0. The summed E-state index contributed by atoms with van der Waals surface area (Å²) in [7, 11) is -0.373. The number of likely N-dealkylation sites (N-methyl/N-ethyl adjacent to an activating group) is 1. The second kappa shape index (κ2) is 11.7. The van der Waals surface area contributed by atoms with Crippen molar-refractivity contribution in [3.63, 3.8) is 0 Å². The molecule has 12 heteroatoms. The van der Waals surface area contributed by atoms with Gasteiger partial charge in [-0.2, -0.15) is 9.97 Å². The molecule has 4 aromatic rings. The van der Waals surface area contributed by atoms with Gasteiger partial charge in [0.15, 0.2) is 5.65 Å². The molecule has 2 aromatic heterocycles. The number of benzene rings is 2. The molecule has 0 radical (unpaired) electrons. The fourth-order valence-electron chi connectivity index (χ4n) is 5.54. The van der Waals surface area contributed by atoms with E-state index in [4.69, 9.17) is 9.47 Å². The minimum Gasteiger partial charge on any atom is -0.495 e. The number of carbonyl (C=O) groups is 1. The summed E-state index contributed by atoms with van der Waals surface area (Å²) in [5.74, 6) is 1.30. The van der Waals surface area contributed by atoms with Crippen molar-refractivity contribution in [2.45, 2.75) is 44.6 Å². The highest BCUT2D eigenvalue weighted by Gasteiger charge is 2.29. The van der Waals surface area contributed by atoms with Crippen molar-refractivity contribution in [2.75, 3.05) is 45.7 Å². The van der Waals surface area contributed by atoms with Gasteiger partial charge in [0.2, 0.25) is 11.8 Å². The van der Waals surface area contributed by atoms with Gasteiger partial charge in [-0.3, -0.25) is 4.79 Å². The number of ether oxygens (including phenoxy) is 2. The molecule has 1 amide bonds. The lowest BCUT2D eigenvalue weighted by atomic mass is 10.1. The predicted octanol–water partition coefficient (Wildman–Crippen LogP) is 4.60. The van der Waals surface area contributed by atoms with E-state index in [-0.39, 0.29) is 28.4 Å². The summed E-state index contributed by atoms with van der Waals surface area (Å²) in [6.45, 7) is 8.56.